The molecule has 4 rings (SSSR count). The van der Waals surface area contributed by atoms with E-state index in [0.717, 1.165) is 25.2 Å². The van der Waals surface area contributed by atoms with Crippen LogP contribution in [0.25, 0.3) is 16.6 Å². The highest BCUT2D eigenvalue weighted by Crippen LogP contribution is 2.29. The Morgan fingerprint density at radius 1 is 0.913 bits per heavy atom. The molecule has 5 atom stereocenters. The smallest absolute Gasteiger partial charge is 0.303 e. The van der Waals surface area contributed by atoms with E-state index in [1.807, 2.05) is 6.07 Å². The number of carbonyl (C=O) groups is 4. The molecule has 3 aromatic rings. The number of thiocarbonyl (C=S) groups is 1. The zero-order chi connectivity index (χ0) is 33.7. The summed E-state index contributed by atoms with van der Waals surface area (Å²) in [7, 11) is 0. The lowest BCUT2D eigenvalue weighted by molar-refractivity contribution is -0.254. The second kappa shape index (κ2) is 14.8. The Bertz CT molecular complexity index is 1730. The predicted octanol–water partition coefficient (Wildman–Crippen LogP) is 2.83. The first-order valence-electron chi connectivity index (χ1n) is 13.9. The summed E-state index contributed by atoms with van der Waals surface area (Å²) >= 11 is 8.89. The first-order chi connectivity index (χ1) is 21.7. The van der Waals surface area contributed by atoms with E-state index in [1.54, 1.807) is 43.3 Å². The molecule has 0 aliphatic carbocycles. The summed E-state index contributed by atoms with van der Waals surface area (Å²) in [4.78, 5) is 65.5. The van der Waals surface area contributed by atoms with E-state index < -0.39 is 54.5 Å². The van der Waals surface area contributed by atoms with Crippen LogP contribution in [0, 0.1) is 6.92 Å². The summed E-state index contributed by atoms with van der Waals surface area (Å²) in [5.41, 5.74) is 1.44. The summed E-state index contributed by atoms with van der Waals surface area (Å²) < 4.78 is 29.6. The quantitative estimate of drug-likeness (QED) is 0.198. The Labute approximate surface area is 276 Å². The molecule has 0 saturated carbocycles. The van der Waals surface area contributed by atoms with Crippen LogP contribution in [-0.2, 0) is 42.9 Å². The maximum absolute atomic E-state index is 13.3. The Hall–Kier alpha value is -4.41. The molecule has 2 aromatic carbocycles. The second-order valence-electron chi connectivity index (χ2n) is 10.2. The molecule has 46 heavy (non-hydrogen) atoms. The van der Waals surface area contributed by atoms with Crippen molar-refractivity contribution in [1.29, 1.82) is 0 Å². The van der Waals surface area contributed by atoms with Crippen molar-refractivity contribution in [2.24, 2.45) is 0 Å². The molecular formula is C30H31BrN4O10S. The molecular weight excluding hydrogens is 688 g/mol. The topological polar surface area (TPSA) is 173 Å². The zero-order valence-electron chi connectivity index (χ0n) is 25.4. The monoisotopic (exact) mass is 718 g/mol. The van der Waals surface area contributed by atoms with Crippen LogP contribution in [0.2, 0.25) is 0 Å². The van der Waals surface area contributed by atoms with Gasteiger partial charge in [0.25, 0.3) is 5.56 Å². The van der Waals surface area contributed by atoms with Gasteiger partial charge in [-0.3, -0.25) is 28.5 Å². The number of benzene rings is 2. The number of nitrogens with zero attached hydrogens (tertiary/aromatic N) is 2. The van der Waals surface area contributed by atoms with Crippen LogP contribution in [-0.4, -0.2) is 75.8 Å². The summed E-state index contributed by atoms with van der Waals surface area (Å²) in [5, 5.41) is 6.34. The summed E-state index contributed by atoms with van der Waals surface area (Å²) in [5.74, 6) is -2.37. The average Bonchev–Trinajstić information content (AvgIpc) is 2.96. The van der Waals surface area contributed by atoms with Crippen molar-refractivity contribution in [2.75, 3.05) is 11.9 Å². The molecule has 1 aromatic heterocycles. The molecule has 2 N–H and O–H groups in total. The second-order valence-corrected chi connectivity index (χ2v) is 11.6. The number of halogens is 1. The molecule has 14 nitrogen and oxygen atoms in total. The van der Waals surface area contributed by atoms with Gasteiger partial charge in [-0.25, -0.2) is 4.98 Å². The minimum Gasteiger partial charge on any atom is -0.463 e. The standard InChI is InChI=1S/C30H31BrN4O10S/c1-14-32-23-11-6-19(31)12-22(23)29(40)35(14)21-9-7-20(8-10-21)33-30(46)34-28-27(44-18(5)39)26(43-17(4)38)25(42-16(3)37)24(45-28)13-41-15(2)36/h6-12,24-28H,13H2,1-5H3,(H2,33,34,46)/t24-,25-,26+,27-,28-/m1/s1. The third-order valence-corrected chi connectivity index (χ3v) is 7.36. The molecule has 16 heteroatoms. The van der Waals surface area contributed by atoms with Crippen LogP contribution < -0.4 is 16.2 Å². The first kappa shape index (κ1) is 34.5. The van der Waals surface area contributed by atoms with Crippen molar-refractivity contribution < 1.29 is 42.9 Å². The van der Waals surface area contributed by atoms with Crippen LogP contribution in [0.1, 0.15) is 33.5 Å². The van der Waals surface area contributed by atoms with E-state index in [4.69, 9.17) is 35.9 Å². The van der Waals surface area contributed by atoms with Gasteiger partial charge >= 0.3 is 23.9 Å². The molecule has 0 radical (unpaired) electrons. The molecule has 244 valence electrons. The van der Waals surface area contributed by atoms with Gasteiger partial charge in [0, 0.05) is 37.9 Å². The molecule has 1 aliphatic heterocycles. The average molecular weight is 720 g/mol. The van der Waals surface area contributed by atoms with E-state index in [0.29, 0.717) is 28.1 Å². The lowest BCUT2D eigenvalue weighted by atomic mass is 9.97. The van der Waals surface area contributed by atoms with Crippen LogP contribution in [0.4, 0.5) is 5.69 Å². The fourth-order valence-electron chi connectivity index (χ4n) is 4.91. The number of nitrogens with one attached hydrogen (secondary N) is 2. The SMILES string of the molecule is CC(=O)OC[C@H]1O[C@@H](NC(=S)Nc2ccc(-n3c(C)nc4ccc(Br)cc4c3=O)cc2)[C@H](OC(C)=O)[C@@H](OC(C)=O)[C@@H]1OC(C)=O. The Morgan fingerprint density at radius 2 is 1.52 bits per heavy atom. The van der Waals surface area contributed by atoms with Gasteiger partial charge in [-0.2, -0.15) is 0 Å². The van der Waals surface area contributed by atoms with Crippen molar-refractivity contribution in [1.82, 2.24) is 14.9 Å². The van der Waals surface area contributed by atoms with Gasteiger partial charge < -0.3 is 34.3 Å². The highest BCUT2D eigenvalue weighted by Gasteiger charge is 2.52. The van der Waals surface area contributed by atoms with Crippen LogP contribution in [0.15, 0.2) is 51.7 Å². The molecule has 0 spiro atoms. The molecule has 0 amide bonds. The van der Waals surface area contributed by atoms with Gasteiger partial charge in [0.15, 0.2) is 29.7 Å². The van der Waals surface area contributed by atoms with Crippen LogP contribution >= 0.6 is 28.1 Å². The number of aryl methyl sites for hydroxylation is 1. The van der Waals surface area contributed by atoms with Gasteiger partial charge in [0.05, 0.1) is 16.6 Å². The molecule has 1 aliphatic rings. The van der Waals surface area contributed by atoms with Crippen LogP contribution in [0.3, 0.4) is 0 Å². The Balaban J connectivity index is 1.57. The highest BCUT2D eigenvalue weighted by molar-refractivity contribution is 9.10. The van der Waals surface area contributed by atoms with E-state index in [9.17, 15) is 24.0 Å². The first-order valence-corrected chi connectivity index (χ1v) is 15.1. The largest absolute Gasteiger partial charge is 0.463 e. The fourth-order valence-corrected chi connectivity index (χ4v) is 5.50. The minimum atomic E-state index is -1.35. The summed E-state index contributed by atoms with van der Waals surface area (Å²) in [6.45, 7) is 5.95. The number of hydrogen-bond acceptors (Lipinski definition) is 12. The van der Waals surface area contributed by atoms with Gasteiger partial charge in [-0.05, 0) is 61.6 Å². The number of aromatic nitrogens is 2. The summed E-state index contributed by atoms with van der Waals surface area (Å²) in [6.07, 6.45) is -6.37. The van der Waals surface area contributed by atoms with Crippen molar-refractivity contribution in [3.05, 3.63) is 63.1 Å². The molecule has 1 fully saturated rings. The Kier molecular flexibility index (Phi) is 11.1. The van der Waals surface area contributed by atoms with Crippen molar-refractivity contribution in [2.45, 2.75) is 65.3 Å². The van der Waals surface area contributed by atoms with E-state index >= 15 is 0 Å². The number of rotatable bonds is 8. The van der Waals surface area contributed by atoms with Crippen LogP contribution in [0.5, 0.6) is 0 Å². The van der Waals surface area contributed by atoms with Crippen molar-refractivity contribution in [3.63, 3.8) is 0 Å². The minimum absolute atomic E-state index is 0.0132. The molecule has 0 unspecified atom stereocenters. The van der Waals surface area contributed by atoms with E-state index in [1.165, 1.54) is 11.5 Å². The number of ether oxygens (including phenoxy) is 5. The third kappa shape index (κ3) is 8.44. The molecule has 1 saturated heterocycles. The fraction of sp³-hybridized carbons (Fsp3) is 0.367. The number of fused-ring (bicyclic) bond motifs is 1. The van der Waals surface area contributed by atoms with E-state index in [2.05, 4.69) is 31.5 Å². The number of anilines is 1. The maximum Gasteiger partial charge on any atom is 0.303 e. The number of hydrogen-bond donors (Lipinski definition) is 2. The normalized spacial score (nSPS) is 20.7. The predicted molar refractivity (Wildman–Crippen MR) is 171 cm³/mol. The number of esters is 4. The lowest BCUT2D eigenvalue weighted by Crippen LogP contribution is -2.66. The zero-order valence-corrected chi connectivity index (χ0v) is 27.8. The van der Waals surface area contributed by atoms with Crippen molar-refractivity contribution >= 4 is 73.7 Å². The highest BCUT2D eigenvalue weighted by atomic mass is 79.9. The molecule has 0 bridgehead atoms. The maximum atomic E-state index is 13.3. The Morgan fingerprint density at radius 3 is 2.13 bits per heavy atom. The molecule has 2 heterocycles. The van der Waals surface area contributed by atoms with Gasteiger partial charge in [-0.15, -0.1) is 0 Å². The van der Waals surface area contributed by atoms with Crippen molar-refractivity contribution in [3.8, 4) is 5.69 Å². The van der Waals surface area contributed by atoms with Gasteiger partial charge in [0.2, 0.25) is 0 Å². The number of carbonyl (C=O) groups excluding carboxylic acids is 4. The third-order valence-electron chi connectivity index (χ3n) is 6.65. The van der Waals surface area contributed by atoms with Gasteiger partial charge in [-0.1, -0.05) is 15.9 Å². The lowest BCUT2D eigenvalue weighted by Gasteiger charge is -2.44. The summed E-state index contributed by atoms with van der Waals surface area (Å²) in [6, 6.07) is 12.1. The van der Waals surface area contributed by atoms with E-state index in [-0.39, 0.29) is 17.3 Å². The van der Waals surface area contributed by atoms with Gasteiger partial charge in [0.1, 0.15) is 18.5 Å².